The normalized spacial score (nSPS) is 17.9. The molecular formula is C31H37N7O2. The van der Waals surface area contributed by atoms with Crippen molar-refractivity contribution < 1.29 is 4.74 Å². The van der Waals surface area contributed by atoms with Gasteiger partial charge in [0.1, 0.15) is 11.5 Å². The fraction of sp³-hybridized carbons (Fsp3) is 0.452. The lowest BCUT2D eigenvalue weighted by atomic mass is 9.90. The minimum absolute atomic E-state index is 0.0966. The third-order valence-corrected chi connectivity index (χ3v) is 8.76. The molecule has 1 saturated heterocycles. The number of anilines is 3. The fourth-order valence-electron chi connectivity index (χ4n) is 6.67. The lowest BCUT2D eigenvalue weighted by Gasteiger charge is -2.33. The molecule has 2 N–H and O–H groups in total. The Bertz CT molecular complexity index is 1660. The summed E-state index contributed by atoms with van der Waals surface area (Å²) in [5.74, 6) is 2.01. The van der Waals surface area contributed by atoms with Crippen molar-refractivity contribution >= 4 is 17.3 Å². The van der Waals surface area contributed by atoms with Crippen LogP contribution in [0.15, 0.2) is 41.5 Å². The van der Waals surface area contributed by atoms with E-state index in [1.165, 1.54) is 22.5 Å². The summed E-state index contributed by atoms with van der Waals surface area (Å²) in [4.78, 5) is 20.4. The highest BCUT2D eigenvalue weighted by molar-refractivity contribution is 5.75. The highest BCUT2D eigenvalue weighted by Crippen LogP contribution is 2.40. The van der Waals surface area contributed by atoms with Crippen LogP contribution in [0.3, 0.4) is 0 Å². The van der Waals surface area contributed by atoms with E-state index in [4.69, 9.17) is 9.72 Å². The summed E-state index contributed by atoms with van der Waals surface area (Å²) in [6, 6.07) is 8.40. The number of nitrogens with one attached hydrogen (secondary N) is 2. The van der Waals surface area contributed by atoms with Crippen molar-refractivity contribution in [1.29, 1.82) is 0 Å². The van der Waals surface area contributed by atoms with E-state index in [1.54, 1.807) is 11.6 Å². The van der Waals surface area contributed by atoms with E-state index >= 15 is 0 Å². The van der Waals surface area contributed by atoms with Gasteiger partial charge in [0, 0.05) is 72.7 Å². The van der Waals surface area contributed by atoms with Crippen molar-refractivity contribution in [3.8, 4) is 11.1 Å². The average Bonchev–Trinajstić information content (AvgIpc) is 3.56. The van der Waals surface area contributed by atoms with Crippen molar-refractivity contribution in [2.75, 3.05) is 30.0 Å². The topological polar surface area (TPSA) is 93.0 Å². The first kappa shape index (κ1) is 25.1. The zero-order valence-corrected chi connectivity index (χ0v) is 23.8. The molecule has 0 aromatic carbocycles. The van der Waals surface area contributed by atoms with Crippen LogP contribution < -0.4 is 15.8 Å². The molecule has 208 valence electrons. The second kappa shape index (κ2) is 9.37. The Hall–Kier alpha value is -3.85. The van der Waals surface area contributed by atoms with Crippen LogP contribution in [0.25, 0.3) is 11.1 Å². The SMILES string of the molecule is CCc1c(-c2cc(Nc3cc(C4COC4)[nH]n3)c(=O)n(C)c2)ccnc1N1CCn2c(cc3c2CC(C)(C)C3)C1. The fourth-order valence-corrected chi connectivity index (χ4v) is 6.67. The van der Waals surface area contributed by atoms with E-state index in [-0.39, 0.29) is 5.56 Å². The van der Waals surface area contributed by atoms with Crippen molar-refractivity contribution in [3.63, 3.8) is 0 Å². The maximum absolute atomic E-state index is 13.1. The number of fused-ring (bicyclic) bond motifs is 3. The highest BCUT2D eigenvalue weighted by Gasteiger charge is 2.34. The Morgan fingerprint density at radius 3 is 2.80 bits per heavy atom. The molecule has 7 rings (SSSR count). The Morgan fingerprint density at radius 1 is 1.18 bits per heavy atom. The standard InChI is InChI=1S/C31H37N7O2/c1-5-23-24(20-11-26(30(39)36(4)15-20)33-28-12-25(34-35-28)21-17-40-18-21)6-7-32-29(23)37-8-9-38-22(16-37)10-19-13-31(2,3)14-27(19)38/h6-7,10-12,15,21H,5,8-9,13-14,16-18H2,1-4H3,(H2,33,34,35). The number of aromatic amines is 1. The van der Waals surface area contributed by atoms with Gasteiger partial charge in [-0.15, -0.1) is 0 Å². The van der Waals surface area contributed by atoms with Gasteiger partial charge in [0.15, 0.2) is 5.82 Å². The van der Waals surface area contributed by atoms with Gasteiger partial charge in [-0.3, -0.25) is 9.89 Å². The molecular weight excluding hydrogens is 502 g/mol. The molecule has 0 unspecified atom stereocenters. The third-order valence-electron chi connectivity index (χ3n) is 8.76. The summed E-state index contributed by atoms with van der Waals surface area (Å²) in [5, 5.41) is 10.7. The van der Waals surface area contributed by atoms with Gasteiger partial charge >= 0.3 is 0 Å². The summed E-state index contributed by atoms with van der Waals surface area (Å²) in [6.45, 7) is 11.1. The number of pyridine rings is 2. The minimum atomic E-state index is -0.0966. The van der Waals surface area contributed by atoms with E-state index in [2.05, 4.69) is 57.9 Å². The number of aromatic nitrogens is 5. The monoisotopic (exact) mass is 539 g/mol. The lowest BCUT2D eigenvalue weighted by molar-refractivity contribution is 0.00670. The molecule has 6 heterocycles. The van der Waals surface area contributed by atoms with Crippen LogP contribution in [-0.2, 0) is 44.1 Å². The predicted octanol–water partition coefficient (Wildman–Crippen LogP) is 4.54. The van der Waals surface area contributed by atoms with Crippen LogP contribution in [0, 0.1) is 5.41 Å². The zero-order valence-electron chi connectivity index (χ0n) is 23.8. The lowest BCUT2D eigenvalue weighted by Crippen LogP contribution is -2.35. The van der Waals surface area contributed by atoms with Gasteiger partial charge in [0.25, 0.3) is 5.56 Å². The van der Waals surface area contributed by atoms with Crippen LogP contribution in [0.2, 0.25) is 0 Å². The molecule has 9 heteroatoms. The Balaban J connectivity index is 1.19. The Labute approximate surface area is 234 Å². The van der Waals surface area contributed by atoms with E-state index in [0.29, 0.717) is 36.1 Å². The average molecular weight is 540 g/mol. The summed E-state index contributed by atoms with van der Waals surface area (Å²) in [6.07, 6.45) is 6.99. The molecule has 0 amide bonds. The second-order valence-electron chi connectivity index (χ2n) is 12.3. The van der Waals surface area contributed by atoms with Gasteiger partial charge in [0.2, 0.25) is 0 Å². The van der Waals surface area contributed by atoms with Crippen LogP contribution >= 0.6 is 0 Å². The predicted molar refractivity (Wildman–Crippen MR) is 156 cm³/mol. The molecule has 4 aromatic heterocycles. The number of ether oxygens (including phenoxy) is 1. The Kier molecular flexibility index (Phi) is 5.89. The number of hydrogen-bond donors (Lipinski definition) is 2. The van der Waals surface area contributed by atoms with E-state index in [9.17, 15) is 4.79 Å². The molecule has 0 spiro atoms. The molecule has 2 aliphatic heterocycles. The molecule has 0 atom stereocenters. The Morgan fingerprint density at radius 2 is 2.02 bits per heavy atom. The van der Waals surface area contributed by atoms with Crippen molar-refractivity contribution in [2.24, 2.45) is 12.5 Å². The van der Waals surface area contributed by atoms with E-state index in [1.807, 2.05) is 24.5 Å². The van der Waals surface area contributed by atoms with Gasteiger partial charge in [0.05, 0.1) is 19.8 Å². The highest BCUT2D eigenvalue weighted by atomic mass is 16.5. The third kappa shape index (κ3) is 4.23. The van der Waals surface area contributed by atoms with Crippen LogP contribution in [-0.4, -0.2) is 44.1 Å². The van der Waals surface area contributed by atoms with Crippen molar-refractivity contribution in [1.82, 2.24) is 24.3 Å². The number of rotatable bonds is 6. The molecule has 9 nitrogen and oxygen atoms in total. The molecule has 0 radical (unpaired) electrons. The first-order chi connectivity index (χ1) is 19.3. The van der Waals surface area contributed by atoms with Gasteiger partial charge in [-0.05, 0) is 54.0 Å². The van der Waals surface area contributed by atoms with E-state index < -0.39 is 0 Å². The molecule has 0 saturated carbocycles. The first-order valence-electron chi connectivity index (χ1n) is 14.3. The maximum atomic E-state index is 13.1. The first-order valence-corrected chi connectivity index (χ1v) is 14.3. The molecule has 4 aromatic rings. The number of H-pyrrole nitrogens is 1. The van der Waals surface area contributed by atoms with Gasteiger partial charge in [-0.1, -0.05) is 20.8 Å². The molecule has 0 bridgehead atoms. The van der Waals surface area contributed by atoms with Gasteiger partial charge in [-0.25, -0.2) is 4.98 Å². The quantitative estimate of drug-likeness (QED) is 0.374. The largest absolute Gasteiger partial charge is 0.380 e. The number of hydrogen-bond acceptors (Lipinski definition) is 6. The summed E-state index contributed by atoms with van der Waals surface area (Å²) >= 11 is 0. The van der Waals surface area contributed by atoms with Crippen LogP contribution in [0.1, 0.15) is 54.9 Å². The maximum Gasteiger partial charge on any atom is 0.274 e. The number of aryl methyl sites for hydroxylation is 1. The van der Waals surface area contributed by atoms with E-state index in [0.717, 1.165) is 61.5 Å². The summed E-state index contributed by atoms with van der Waals surface area (Å²) < 4.78 is 9.49. The zero-order chi connectivity index (χ0) is 27.6. The van der Waals surface area contributed by atoms with Gasteiger partial charge in [-0.2, -0.15) is 5.10 Å². The second-order valence-corrected chi connectivity index (χ2v) is 12.3. The molecule has 1 fully saturated rings. The van der Waals surface area contributed by atoms with Crippen molar-refractivity contribution in [3.05, 3.63) is 75.2 Å². The van der Waals surface area contributed by atoms with Crippen molar-refractivity contribution in [2.45, 2.75) is 59.0 Å². The minimum Gasteiger partial charge on any atom is -0.380 e. The van der Waals surface area contributed by atoms with Crippen LogP contribution in [0.5, 0.6) is 0 Å². The molecule has 40 heavy (non-hydrogen) atoms. The smallest absolute Gasteiger partial charge is 0.274 e. The summed E-state index contributed by atoms with van der Waals surface area (Å²) in [5.41, 5.74) is 9.52. The number of nitrogens with zero attached hydrogens (tertiary/aromatic N) is 5. The molecule has 1 aliphatic carbocycles. The molecule has 3 aliphatic rings. The van der Waals surface area contributed by atoms with Crippen LogP contribution in [0.4, 0.5) is 17.3 Å². The van der Waals surface area contributed by atoms with Gasteiger partial charge < -0.3 is 24.1 Å². The summed E-state index contributed by atoms with van der Waals surface area (Å²) in [7, 11) is 1.80.